The van der Waals surface area contributed by atoms with Crippen molar-refractivity contribution in [1.82, 2.24) is 15.5 Å². The first-order valence-electron chi connectivity index (χ1n) is 6.56. The summed E-state index contributed by atoms with van der Waals surface area (Å²) in [7, 11) is 1.92. The second kappa shape index (κ2) is 6.72. The number of halogens is 1. The van der Waals surface area contributed by atoms with Crippen LogP contribution in [0.25, 0.3) is 0 Å². The Kier molecular flexibility index (Phi) is 4.98. The molecule has 0 saturated carbocycles. The van der Waals surface area contributed by atoms with E-state index in [1.54, 1.807) is 0 Å². The Labute approximate surface area is 123 Å². The van der Waals surface area contributed by atoms with Crippen LogP contribution in [-0.2, 0) is 13.1 Å². The number of benzene rings is 1. The van der Waals surface area contributed by atoms with Gasteiger partial charge in [0.2, 0.25) is 5.89 Å². The minimum atomic E-state index is 0.386. The average molecular weight is 295 g/mol. The minimum Gasteiger partial charge on any atom is -0.407 e. The van der Waals surface area contributed by atoms with Gasteiger partial charge in [0.1, 0.15) is 0 Å². The lowest BCUT2D eigenvalue weighted by atomic mass is 10.2. The molecule has 108 valence electrons. The van der Waals surface area contributed by atoms with Crippen LogP contribution >= 0.6 is 11.6 Å². The largest absolute Gasteiger partial charge is 0.407 e. The zero-order valence-electron chi connectivity index (χ0n) is 11.9. The third kappa shape index (κ3) is 4.21. The van der Waals surface area contributed by atoms with Crippen molar-refractivity contribution in [2.75, 3.05) is 11.9 Å². The topological polar surface area (TPSA) is 54.2 Å². The maximum Gasteiger partial charge on any atom is 0.318 e. The van der Waals surface area contributed by atoms with Gasteiger partial charge in [0.25, 0.3) is 0 Å². The normalized spacial score (nSPS) is 11.1. The Balaban J connectivity index is 1.95. The lowest BCUT2D eigenvalue weighted by Gasteiger charge is -2.13. The van der Waals surface area contributed by atoms with Crippen LogP contribution in [-0.4, -0.2) is 23.3 Å². The van der Waals surface area contributed by atoms with E-state index in [0.717, 1.165) is 10.6 Å². The van der Waals surface area contributed by atoms with E-state index in [0.29, 0.717) is 31.0 Å². The number of nitrogens with zero attached hydrogens (tertiary/aromatic N) is 3. The van der Waals surface area contributed by atoms with E-state index in [1.165, 1.54) is 0 Å². The molecular formula is C14H19ClN4O. The van der Waals surface area contributed by atoms with Crippen LogP contribution in [0.3, 0.4) is 0 Å². The Morgan fingerprint density at radius 1 is 1.25 bits per heavy atom. The van der Waals surface area contributed by atoms with Crippen molar-refractivity contribution in [3.8, 4) is 0 Å². The molecule has 0 amide bonds. The third-order valence-corrected chi connectivity index (χ3v) is 3.03. The predicted octanol–water partition coefficient (Wildman–Crippen LogP) is 2.86. The van der Waals surface area contributed by atoms with Crippen LogP contribution < -0.4 is 10.2 Å². The van der Waals surface area contributed by atoms with E-state index < -0.39 is 0 Å². The Morgan fingerprint density at radius 2 is 1.95 bits per heavy atom. The number of hydrogen-bond acceptors (Lipinski definition) is 5. The lowest BCUT2D eigenvalue weighted by Crippen LogP contribution is -2.22. The maximum absolute atomic E-state index is 5.87. The van der Waals surface area contributed by atoms with Gasteiger partial charge < -0.3 is 14.6 Å². The number of nitrogens with one attached hydrogen (secondary N) is 1. The number of hydrogen-bond donors (Lipinski definition) is 1. The van der Waals surface area contributed by atoms with Gasteiger partial charge in [-0.2, -0.15) is 0 Å². The number of anilines is 1. The summed E-state index contributed by atoms with van der Waals surface area (Å²) < 4.78 is 5.61. The van der Waals surface area contributed by atoms with Crippen LogP contribution in [0, 0.1) is 0 Å². The first-order valence-corrected chi connectivity index (χ1v) is 6.93. The molecule has 0 atom stereocenters. The highest BCUT2D eigenvalue weighted by Crippen LogP contribution is 2.15. The highest BCUT2D eigenvalue weighted by atomic mass is 35.5. The highest BCUT2D eigenvalue weighted by Gasteiger charge is 2.11. The van der Waals surface area contributed by atoms with Crippen molar-refractivity contribution in [2.24, 2.45) is 0 Å². The Hall–Kier alpha value is -1.59. The molecular weight excluding hydrogens is 276 g/mol. The first kappa shape index (κ1) is 14.8. The van der Waals surface area contributed by atoms with E-state index >= 15 is 0 Å². The molecule has 0 aliphatic rings. The van der Waals surface area contributed by atoms with E-state index in [2.05, 4.69) is 29.4 Å². The summed E-state index contributed by atoms with van der Waals surface area (Å²) >= 11 is 5.87. The van der Waals surface area contributed by atoms with Crippen LogP contribution in [0.1, 0.15) is 25.3 Å². The van der Waals surface area contributed by atoms with Gasteiger partial charge in [-0.05, 0) is 17.7 Å². The van der Waals surface area contributed by atoms with Crippen molar-refractivity contribution < 1.29 is 4.42 Å². The summed E-state index contributed by atoms with van der Waals surface area (Å²) in [5.41, 5.74) is 1.14. The Morgan fingerprint density at radius 3 is 2.60 bits per heavy atom. The molecule has 5 nitrogen and oxygen atoms in total. The molecule has 0 saturated heterocycles. The number of rotatable bonds is 6. The molecule has 1 aromatic carbocycles. The van der Waals surface area contributed by atoms with Gasteiger partial charge in [-0.1, -0.05) is 42.7 Å². The summed E-state index contributed by atoms with van der Waals surface area (Å²) in [5, 5.41) is 12.0. The van der Waals surface area contributed by atoms with Crippen LogP contribution in [0.4, 0.5) is 6.01 Å². The zero-order chi connectivity index (χ0) is 14.5. The molecule has 2 rings (SSSR count). The van der Waals surface area contributed by atoms with Gasteiger partial charge >= 0.3 is 6.01 Å². The van der Waals surface area contributed by atoms with Crippen molar-refractivity contribution in [3.05, 3.63) is 40.7 Å². The quantitative estimate of drug-likeness (QED) is 0.888. The van der Waals surface area contributed by atoms with Crippen LogP contribution in [0.5, 0.6) is 0 Å². The second-order valence-corrected chi connectivity index (χ2v) is 5.43. The summed E-state index contributed by atoms with van der Waals surface area (Å²) in [4.78, 5) is 1.91. The predicted molar refractivity (Wildman–Crippen MR) is 79.8 cm³/mol. The fourth-order valence-electron chi connectivity index (χ4n) is 1.69. The Bertz CT molecular complexity index is 538. The lowest BCUT2D eigenvalue weighted by molar-refractivity contribution is 0.449. The minimum absolute atomic E-state index is 0.386. The first-order chi connectivity index (χ1) is 9.54. The molecule has 6 heteroatoms. The fraction of sp³-hybridized carbons (Fsp3) is 0.429. The molecule has 1 aromatic heterocycles. The number of aromatic nitrogens is 2. The summed E-state index contributed by atoms with van der Waals surface area (Å²) in [6.45, 7) is 5.42. The molecule has 0 unspecified atom stereocenters. The second-order valence-electron chi connectivity index (χ2n) is 5.00. The molecule has 1 N–H and O–H groups in total. The van der Waals surface area contributed by atoms with Gasteiger partial charge in [-0.15, -0.1) is 5.10 Å². The van der Waals surface area contributed by atoms with Gasteiger partial charge in [-0.3, -0.25) is 0 Å². The zero-order valence-corrected chi connectivity index (χ0v) is 12.7. The van der Waals surface area contributed by atoms with E-state index in [-0.39, 0.29) is 0 Å². The van der Waals surface area contributed by atoms with Crippen molar-refractivity contribution in [3.63, 3.8) is 0 Å². The van der Waals surface area contributed by atoms with E-state index in [4.69, 9.17) is 16.0 Å². The van der Waals surface area contributed by atoms with Crippen molar-refractivity contribution in [1.29, 1.82) is 0 Å². The standard InChI is InChI=1S/C14H19ClN4O/c1-10(2)16-8-13-17-18-14(20-13)19(3)9-11-4-6-12(15)7-5-11/h4-7,10,16H,8-9H2,1-3H3. The maximum atomic E-state index is 5.87. The van der Waals surface area contributed by atoms with Gasteiger partial charge in [0, 0.05) is 24.7 Å². The molecule has 0 bridgehead atoms. The average Bonchev–Trinajstić information content (AvgIpc) is 2.88. The van der Waals surface area contributed by atoms with E-state index in [1.807, 2.05) is 36.2 Å². The molecule has 0 aliphatic heterocycles. The van der Waals surface area contributed by atoms with Crippen LogP contribution in [0.2, 0.25) is 5.02 Å². The smallest absolute Gasteiger partial charge is 0.318 e. The van der Waals surface area contributed by atoms with Gasteiger partial charge in [0.15, 0.2) is 0 Å². The summed E-state index contributed by atoms with van der Waals surface area (Å²) in [6.07, 6.45) is 0. The molecule has 1 heterocycles. The third-order valence-electron chi connectivity index (χ3n) is 2.78. The molecule has 20 heavy (non-hydrogen) atoms. The van der Waals surface area contributed by atoms with Gasteiger partial charge in [-0.25, -0.2) is 0 Å². The summed E-state index contributed by atoms with van der Waals surface area (Å²) in [6, 6.07) is 8.61. The van der Waals surface area contributed by atoms with Crippen molar-refractivity contribution in [2.45, 2.75) is 33.0 Å². The molecule has 0 fully saturated rings. The van der Waals surface area contributed by atoms with Crippen molar-refractivity contribution >= 4 is 17.6 Å². The molecule has 0 aliphatic carbocycles. The van der Waals surface area contributed by atoms with Crippen LogP contribution in [0.15, 0.2) is 28.7 Å². The summed E-state index contributed by atoms with van der Waals surface area (Å²) in [5.74, 6) is 0.594. The highest BCUT2D eigenvalue weighted by molar-refractivity contribution is 6.30. The molecule has 2 aromatic rings. The monoisotopic (exact) mass is 294 g/mol. The molecule has 0 radical (unpaired) electrons. The molecule has 0 spiro atoms. The fourth-order valence-corrected chi connectivity index (χ4v) is 1.82. The van der Waals surface area contributed by atoms with E-state index in [9.17, 15) is 0 Å². The van der Waals surface area contributed by atoms with Gasteiger partial charge in [0.05, 0.1) is 6.54 Å². The SMILES string of the molecule is CC(C)NCc1nnc(N(C)Cc2ccc(Cl)cc2)o1.